The first-order chi connectivity index (χ1) is 7.97. The predicted octanol–water partition coefficient (Wildman–Crippen LogP) is 1.15. The molecular formula is C11H18N2O2S2. The van der Waals surface area contributed by atoms with E-state index in [1.54, 1.807) is 11.3 Å². The van der Waals surface area contributed by atoms with Crippen LogP contribution in [0.15, 0.2) is 6.20 Å². The maximum Gasteiger partial charge on any atom is 0.153 e. The normalized spacial score (nSPS) is 24.9. The van der Waals surface area contributed by atoms with Crippen molar-refractivity contribution in [3.05, 3.63) is 16.1 Å². The molecule has 1 fully saturated rings. The van der Waals surface area contributed by atoms with Crippen LogP contribution in [-0.4, -0.2) is 30.4 Å². The summed E-state index contributed by atoms with van der Waals surface area (Å²) in [6, 6.07) is 0.124. The van der Waals surface area contributed by atoms with Gasteiger partial charge in [0.2, 0.25) is 0 Å². The van der Waals surface area contributed by atoms with Crippen LogP contribution >= 0.6 is 11.3 Å². The highest BCUT2D eigenvalue weighted by atomic mass is 32.2. The predicted molar refractivity (Wildman–Crippen MR) is 70.0 cm³/mol. The highest BCUT2D eigenvalue weighted by Gasteiger charge is 2.31. The van der Waals surface area contributed by atoms with Crippen LogP contribution in [0.5, 0.6) is 0 Å². The van der Waals surface area contributed by atoms with Gasteiger partial charge in [0.15, 0.2) is 9.84 Å². The van der Waals surface area contributed by atoms with Crippen LogP contribution in [0.3, 0.4) is 0 Å². The van der Waals surface area contributed by atoms with Gasteiger partial charge in [-0.05, 0) is 26.2 Å². The van der Waals surface area contributed by atoms with Crippen molar-refractivity contribution in [2.24, 2.45) is 5.73 Å². The highest BCUT2D eigenvalue weighted by molar-refractivity contribution is 7.92. The third-order valence-electron chi connectivity index (χ3n) is 2.99. The lowest BCUT2D eigenvalue weighted by molar-refractivity contribution is 0.588. The molecule has 0 aliphatic carbocycles. The van der Waals surface area contributed by atoms with Crippen LogP contribution in [0.2, 0.25) is 0 Å². The van der Waals surface area contributed by atoms with Gasteiger partial charge in [0.05, 0.1) is 16.0 Å². The number of aromatic nitrogens is 1. The monoisotopic (exact) mass is 274 g/mol. The van der Waals surface area contributed by atoms with E-state index in [9.17, 15) is 8.42 Å². The van der Waals surface area contributed by atoms with Gasteiger partial charge >= 0.3 is 0 Å². The lowest BCUT2D eigenvalue weighted by Gasteiger charge is -2.05. The van der Waals surface area contributed by atoms with Gasteiger partial charge in [-0.3, -0.25) is 0 Å². The Morgan fingerprint density at radius 2 is 2.41 bits per heavy atom. The van der Waals surface area contributed by atoms with E-state index in [1.807, 2.05) is 13.1 Å². The topological polar surface area (TPSA) is 73.0 Å². The minimum atomic E-state index is -2.86. The summed E-state index contributed by atoms with van der Waals surface area (Å²) in [4.78, 5) is 5.44. The summed E-state index contributed by atoms with van der Waals surface area (Å²) >= 11 is 1.59. The molecule has 0 bridgehead atoms. The lowest BCUT2D eigenvalue weighted by Crippen LogP contribution is -2.18. The van der Waals surface area contributed by atoms with Gasteiger partial charge in [-0.1, -0.05) is 0 Å². The van der Waals surface area contributed by atoms with Crippen LogP contribution in [0.4, 0.5) is 0 Å². The molecule has 1 aromatic rings. The molecule has 0 saturated carbocycles. The third-order valence-corrected chi connectivity index (χ3v) is 6.31. The van der Waals surface area contributed by atoms with E-state index < -0.39 is 9.84 Å². The maximum absolute atomic E-state index is 11.7. The van der Waals surface area contributed by atoms with Gasteiger partial charge < -0.3 is 5.73 Å². The van der Waals surface area contributed by atoms with Crippen LogP contribution in [0.25, 0.3) is 0 Å². The van der Waals surface area contributed by atoms with Crippen molar-refractivity contribution in [1.29, 1.82) is 0 Å². The Bertz CT molecular complexity index is 479. The maximum atomic E-state index is 11.7. The molecule has 2 atom stereocenters. The van der Waals surface area contributed by atoms with Gasteiger partial charge in [0, 0.05) is 23.5 Å². The quantitative estimate of drug-likeness (QED) is 0.894. The van der Waals surface area contributed by atoms with Gasteiger partial charge in [0.1, 0.15) is 0 Å². The fourth-order valence-corrected chi connectivity index (χ4v) is 5.23. The van der Waals surface area contributed by atoms with Crippen molar-refractivity contribution in [3.63, 3.8) is 0 Å². The number of nitrogens with two attached hydrogens (primary N) is 1. The molecule has 0 spiro atoms. The van der Waals surface area contributed by atoms with Crippen molar-refractivity contribution in [1.82, 2.24) is 4.98 Å². The van der Waals surface area contributed by atoms with Crippen LogP contribution in [0, 0.1) is 0 Å². The summed E-state index contributed by atoms with van der Waals surface area (Å²) < 4.78 is 23.4. The first-order valence-corrected chi connectivity index (χ1v) is 8.41. The Morgan fingerprint density at radius 1 is 1.65 bits per heavy atom. The van der Waals surface area contributed by atoms with E-state index in [-0.39, 0.29) is 11.3 Å². The first kappa shape index (κ1) is 13.0. The van der Waals surface area contributed by atoms with Gasteiger partial charge in [-0.15, -0.1) is 11.3 Å². The van der Waals surface area contributed by atoms with Crippen LogP contribution in [-0.2, 0) is 22.7 Å². The molecule has 1 aliphatic heterocycles. The average Bonchev–Trinajstić information content (AvgIpc) is 2.75. The summed E-state index contributed by atoms with van der Waals surface area (Å²) in [7, 11) is -2.86. The first-order valence-electron chi connectivity index (χ1n) is 5.88. The molecule has 2 unspecified atom stereocenters. The molecule has 4 nitrogen and oxygen atoms in total. The molecule has 1 aromatic heterocycles. The minimum absolute atomic E-state index is 0.124. The molecule has 2 heterocycles. The summed E-state index contributed by atoms with van der Waals surface area (Å²) in [6.07, 6.45) is 4.79. The smallest absolute Gasteiger partial charge is 0.153 e. The van der Waals surface area contributed by atoms with E-state index in [4.69, 9.17) is 5.73 Å². The number of hydrogen-bond acceptors (Lipinski definition) is 5. The van der Waals surface area contributed by atoms with Crippen molar-refractivity contribution >= 4 is 21.2 Å². The standard InChI is InChI=1S/C11H18N2O2S2/c1-8(12)5-9-7-13-11(16-9)6-10-3-2-4-17(10,14)15/h7-8,10H,2-6,12H2,1H3. The van der Waals surface area contributed by atoms with E-state index in [1.165, 1.54) is 0 Å². The molecule has 1 saturated heterocycles. The fraction of sp³-hybridized carbons (Fsp3) is 0.727. The van der Waals surface area contributed by atoms with Gasteiger partial charge in [-0.2, -0.15) is 0 Å². The largest absolute Gasteiger partial charge is 0.328 e. The Labute approximate surface area is 106 Å². The van der Waals surface area contributed by atoms with Crippen molar-refractivity contribution < 1.29 is 8.42 Å². The molecule has 2 rings (SSSR count). The average molecular weight is 274 g/mol. The molecule has 0 radical (unpaired) electrons. The summed E-state index contributed by atoms with van der Waals surface area (Å²) in [5.74, 6) is 0.343. The molecule has 96 valence electrons. The summed E-state index contributed by atoms with van der Waals surface area (Å²) in [5, 5.41) is 0.716. The zero-order valence-electron chi connectivity index (χ0n) is 9.93. The second-order valence-corrected chi connectivity index (χ2v) is 8.34. The van der Waals surface area contributed by atoms with Gasteiger partial charge in [-0.25, -0.2) is 13.4 Å². The third kappa shape index (κ3) is 3.26. The van der Waals surface area contributed by atoms with Crippen molar-refractivity contribution in [3.8, 4) is 0 Å². The number of hydrogen-bond donors (Lipinski definition) is 1. The molecule has 17 heavy (non-hydrogen) atoms. The molecule has 0 aromatic carbocycles. The molecule has 0 amide bonds. The Morgan fingerprint density at radius 3 is 3.00 bits per heavy atom. The molecular weight excluding hydrogens is 256 g/mol. The Hall–Kier alpha value is -0.460. The van der Waals surface area contributed by atoms with E-state index in [2.05, 4.69) is 4.98 Å². The molecule has 6 heteroatoms. The van der Waals surface area contributed by atoms with Crippen LogP contribution < -0.4 is 5.73 Å². The summed E-state index contributed by atoms with van der Waals surface area (Å²) in [5.41, 5.74) is 5.72. The zero-order valence-corrected chi connectivity index (χ0v) is 11.6. The number of nitrogens with zero attached hydrogens (tertiary/aromatic N) is 1. The van der Waals surface area contributed by atoms with E-state index in [0.29, 0.717) is 12.2 Å². The van der Waals surface area contributed by atoms with E-state index in [0.717, 1.165) is 29.1 Å². The minimum Gasteiger partial charge on any atom is -0.328 e. The number of rotatable bonds is 4. The number of thiazole rings is 1. The van der Waals surface area contributed by atoms with Crippen molar-refractivity contribution in [2.75, 3.05) is 5.75 Å². The van der Waals surface area contributed by atoms with Gasteiger partial charge in [0.25, 0.3) is 0 Å². The second-order valence-electron chi connectivity index (χ2n) is 4.74. The number of sulfone groups is 1. The van der Waals surface area contributed by atoms with Crippen molar-refractivity contribution in [2.45, 2.75) is 43.9 Å². The SMILES string of the molecule is CC(N)Cc1cnc(CC2CCCS2(=O)=O)s1. The Balaban J connectivity index is 2.02. The second kappa shape index (κ2) is 5.04. The zero-order chi connectivity index (χ0) is 12.5. The Kier molecular flexibility index (Phi) is 3.85. The lowest BCUT2D eigenvalue weighted by atomic mass is 10.2. The summed E-state index contributed by atoms with van der Waals surface area (Å²) in [6.45, 7) is 1.96. The van der Waals surface area contributed by atoms with Crippen LogP contribution in [0.1, 0.15) is 29.7 Å². The van der Waals surface area contributed by atoms with E-state index >= 15 is 0 Å². The highest BCUT2D eigenvalue weighted by Crippen LogP contribution is 2.25. The fourth-order valence-electron chi connectivity index (χ4n) is 2.14. The molecule has 2 N–H and O–H groups in total. The molecule has 1 aliphatic rings.